The first-order chi connectivity index (χ1) is 6.60. The summed E-state index contributed by atoms with van der Waals surface area (Å²) in [6.07, 6.45) is 0. The summed E-state index contributed by atoms with van der Waals surface area (Å²) in [6, 6.07) is 3.63. The molecule has 3 nitrogen and oxygen atoms in total. The minimum absolute atomic E-state index is 0.118. The lowest BCUT2D eigenvalue weighted by Crippen LogP contribution is -2.09. The number of benzene rings is 1. The van der Waals surface area contributed by atoms with Crippen molar-refractivity contribution in [3.8, 4) is 11.5 Å². The quantitative estimate of drug-likeness (QED) is 0.908. The Morgan fingerprint density at radius 3 is 1.93 bits per heavy atom. The largest absolute Gasteiger partial charge is 0.496 e. The molecule has 0 bridgehead atoms. The molecule has 78 valence electrons. The van der Waals surface area contributed by atoms with Crippen LogP contribution in [-0.4, -0.2) is 14.2 Å². The van der Waals surface area contributed by atoms with E-state index in [2.05, 4.69) is 15.9 Å². The van der Waals surface area contributed by atoms with E-state index >= 15 is 0 Å². The first-order valence-electron chi connectivity index (χ1n) is 4.27. The van der Waals surface area contributed by atoms with E-state index in [1.165, 1.54) is 0 Å². The van der Waals surface area contributed by atoms with Gasteiger partial charge in [-0.1, -0.05) is 15.9 Å². The van der Waals surface area contributed by atoms with E-state index in [0.29, 0.717) is 0 Å². The average Bonchev–Trinajstić information content (AvgIpc) is 2.15. The van der Waals surface area contributed by atoms with Crippen molar-refractivity contribution in [2.24, 2.45) is 5.73 Å². The average molecular weight is 260 g/mol. The fourth-order valence-corrected chi connectivity index (χ4v) is 1.77. The molecule has 4 heteroatoms. The third-order valence-electron chi connectivity index (χ3n) is 1.96. The third-order valence-corrected chi connectivity index (χ3v) is 2.42. The molecule has 0 aliphatic carbocycles. The molecule has 1 atom stereocenters. The SMILES string of the molecule is COc1cc(Br)cc(OC)c1[C@@H](C)N. The molecule has 0 radical (unpaired) electrons. The first-order valence-corrected chi connectivity index (χ1v) is 5.06. The van der Waals surface area contributed by atoms with E-state index < -0.39 is 0 Å². The van der Waals surface area contributed by atoms with Crippen LogP contribution in [0.5, 0.6) is 11.5 Å². The van der Waals surface area contributed by atoms with Gasteiger partial charge in [0, 0.05) is 10.5 Å². The van der Waals surface area contributed by atoms with Gasteiger partial charge in [0.05, 0.1) is 19.8 Å². The highest BCUT2D eigenvalue weighted by Gasteiger charge is 2.14. The maximum absolute atomic E-state index is 5.84. The van der Waals surface area contributed by atoms with E-state index in [9.17, 15) is 0 Å². The second kappa shape index (κ2) is 4.66. The summed E-state index contributed by atoms with van der Waals surface area (Å²) in [6.45, 7) is 1.90. The van der Waals surface area contributed by atoms with Crippen LogP contribution in [0.4, 0.5) is 0 Å². The second-order valence-corrected chi connectivity index (χ2v) is 3.93. The molecule has 1 aromatic carbocycles. The molecule has 0 aliphatic heterocycles. The molecule has 0 aliphatic rings. The minimum Gasteiger partial charge on any atom is -0.496 e. The summed E-state index contributed by atoms with van der Waals surface area (Å²) in [5.74, 6) is 1.48. The van der Waals surface area contributed by atoms with Crippen LogP contribution < -0.4 is 15.2 Å². The van der Waals surface area contributed by atoms with Crippen LogP contribution in [0.1, 0.15) is 18.5 Å². The Labute approximate surface area is 92.3 Å². The van der Waals surface area contributed by atoms with Crippen molar-refractivity contribution in [2.75, 3.05) is 14.2 Å². The Morgan fingerprint density at radius 2 is 1.64 bits per heavy atom. The second-order valence-electron chi connectivity index (χ2n) is 3.01. The zero-order valence-electron chi connectivity index (χ0n) is 8.50. The van der Waals surface area contributed by atoms with E-state index in [4.69, 9.17) is 15.2 Å². The van der Waals surface area contributed by atoms with E-state index in [1.807, 2.05) is 19.1 Å². The highest BCUT2D eigenvalue weighted by atomic mass is 79.9. The summed E-state index contributed by atoms with van der Waals surface area (Å²) in [4.78, 5) is 0. The molecule has 14 heavy (non-hydrogen) atoms. The fourth-order valence-electron chi connectivity index (χ4n) is 1.36. The summed E-state index contributed by atoms with van der Waals surface area (Å²) in [5, 5.41) is 0. The molecule has 0 unspecified atom stereocenters. The molecule has 1 aromatic rings. The summed E-state index contributed by atoms with van der Waals surface area (Å²) >= 11 is 3.38. The zero-order valence-corrected chi connectivity index (χ0v) is 10.1. The molecule has 0 saturated carbocycles. The van der Waals surface area contributed by atoms with E-state index in [-0.39, 0.29) is 6.04 Å². The molecule has 0 fully saturated rings. The Morgan fingerprint density at radius 1 is 1.21 bits per heavy atom. The molecule has 0 amide bonds. The lowest BCUT2D eigenvalue weighted by Gasteiger charge is -2.16. The third kappa shape index (κ3) is 2.19. The topological polar surface area (TPSA) is 44.5 Å². The Kier molecular flexibility index (Phi) is 3.77. The Balaban J connectivity index is 3.33. The van der Waals surface area contributed by atoms with Crippen LogP contribution >= 0.6 is 15.9 Å². The number of rotatable bonds is 3. The standard InChI is InChI=1S/C10H14BrNO2/c1-6(12)10-8(13-2)4-7(11)5-9(10)14-3/h4-6H,12H2,1-3H3/t6-/m1/s1. The van der Waals surface area contributed by atoms with Crippen molar-refractivity contribution in [2.45, 2.75) is 13.0 Å². The number of nitrogens with two attached hydrogens (primary N) is 1. The zero-order chi connectivity index (χ0) is 10.7. The number of ether oxygens (including phenoxy) is 2. The molecule has 0 saturated heterocycles. The van der Waals surface area contributed by atoms with Gasteiger partial charge in [0.25, 0.3) is 0 Å². The van der Waals surface area contributed by atoms with Gasteiger partial charge in [-0.25, -0.2) is 0 Å². The van der Waals surface area contributed by atoms with Gasteiger partial charge in [-0.05, 0) is 19.1 Å². The highest BCUT2D eigenvalue weighted by Crippen LogP contribution is 2.36. The predicted molar refractivity (Wildman–Crippen MR) is 59.8 cm³/mol. The minimum atomic E-state index is -0.118. The van der Waals surface area contributed by atoms with Gasteiger partial charge in [-0.2, -0.15) is 0 Å². The maximum Gasteiger partial charge on any atom is 0.128 e. The summed E-state index contributed by atoms with van der Waals surface area (Å²) < 4.78 is 11.4. The normalized spacial score (nSPS) is 12.4. The van der Waals surface area contributed by atoms with Crippen LogP contribution in [0, 0.1) is 0 Å². The van der Waals surface area contributed by atoms with E-state index in [0.717, 1.165) is 21.5 Å². The molecule has 1 rings (SSSR count). The highest BCUT2D eigenvalue weighted by molar-refractivity contribution is 9.10. The summed E-state index contributed by atoms with van der Waals surface area (Å²) in [5.41, 5.74) is 6.73. The lowest BCUT2D eigenvalue weighted by molar-refractivity contribution is 0.380. The molecule has 2 N–H and O–H groups in total. The van der Waals surface area contributed by atoms with Crippen molar-refractivity contribution >= 4 is 15.9 Å². The van der Waals surface area contributed by atoms with Crippen molar-refractivity contribution in [1.82, 2.24) is 0 Å². The Hall–Kier alpha value is -0.740. The van der Waals surface area contributed by atoms with Gasteiger partial charge in [0.1, 0.15) is 11.5 Å². The maximum atomic E-state index is 5.84. The summed E-state index contributed by atoms with van der Waals surface area (Å²) in [7, 11) is 3.24. The van der Waals surface area contributed by atoms with Crippen molar-refractivity contribution in [3.63, 3.8) is 0 Å². The van der Waals surface area contributed by atoms with Gasteiger partial charge in [0.2, 0.25) is 0 Å². The van der Waals surface area contributed by atoms with Gasteiger partial charge in [-0.3, -0.25) is 0 Å². The van der Waals surface area contributed by atoms with Crippen LogP contribution in [0.15, 0.2) is 16.6 Å². The van der Waals surface area contributed by atoms with Gasteiger partial charge < -0.3 is 15.2 Å². The molecular formula is C10H14BrNO2. The van der Waals surface area contributed by atoms with Crippen molar-refractivity contribution in [3.05, 3.63) is 22.2 Å². The van der Waals surface area contributed by atoms with Crippen LogP contribution in [-0.2, 0) is 0 Å². The Bertz CT molecular complexity index is 301. The predicted octanol–water partition coefficient (Wildman–Crippen LogP) is 2.49. The van der Waals surface area contributed by atoms with Crippen LogP contribution in [0.2, 0.25) is 0 Å². The number of halogens is 1. The molecular weight excluding hydrogens is 246 g/mol. The number of hydrogen-bond donors (Lipinski definition) is 1. The van der Waals surface area contributed by atoms with Gasteiger partial charge >= 0.3 is 0 Å². The molecule has 0 spiro atoms. The number of methoxy groups -OCH3 is 2. The first kappa shape index (κ1) is 11.3. The van der Waals surface area contributed by atoms with E-state index in [1.54, 1.807) is 14.2 Å². The molecule has 0 aromatic heterocycles. The molecule has 0 heterocycles. The van der Waals surface area contributed by atoms with Crippen molar-refractivity contribution < 1.29 is 9.47 Å². The van der Waals surface area contributed by atoms with Gasteiger partial charge in [0.15, 0.2) is 0 Å². The van der Waals surface area contributed by atoms with Gasteiger partial charge in [-0.15, -0.1) is 0 Å². The van der Waals surface area contributed by atoms with Crippen molar-refractivity contribution in [1.29, 1.82) is 0 Å². The number of hydrogen-bond acceptors (Lipinski definition) is 3. The fraction of sp³-hybridized carbons (Fsp3) is 0.400. The van der Waals surface area contributed by atoms with Crippen LogP contribution in [0.25, 0.3) is 0 Å². The lowest BCUT2D eigenvalue weighted by atomic mass is 10.1. The van der Waals surface area contributed by atoms with Crippen LogP contribution in [0.3, 0.4) is 0 Å². The monoisotopic (exact) mass is 259 g/mol. The smallest absolute Gasteiger partial charge is 0.128 e.